The summed E-state index contributed by atoms with van der Waals surface area (Å²) in [4.78, 5) is 15.7. The molecule has 2 aromatic heterocycles. The summed E-state index contributed by atoms with van der Waals surface area (Å²) in [5, 5.41) is 11.5. The molecule has 0 spiro atoms. The van der Waals surface area contributed by atoms with Crippen molar-refractivity contribution in [1.29, 1.82) is 0 Å². The Labute approximate surface area is 157 Å². The Morgan fingerprint density at radius 3 is 2.76 bits per heavy atom. The van der Waals surface area contributed by atoms with E-state index in [9.17, 15) is 4.79 Å². The van der Waals surface area contributed by atoms with Crippen molar-refractivity contribution in [2.45, 2.75) is 18.3 Å². The third-order valence-corrected chi connectivity index (χ3v) is 4.73. The van der Waals surface area contributed by atoms with Gasteiger partial charge in [-0.25, -0.2) is 4.98 Å². The van der Waals surface area contributed by atoms with Crippen molar-refractivity contribution in [3.63, 3.8) is 0 Å². The molecule has 25 heavy (non-hydrogen) atoms. The summed E-state index contributed by atoms with van der Waals surface area (Å²) in [5.74, 6) is 0.424. The average Bonchev–Trinajstić information content (AvgIpc) is 3.21. The number of aromatic nitrogens is 4. The van der Waals surface area contributed by atoms with Crippen LogP contribution < -0.4 is 5.32 Å². The highest BCUT2D eigenvalue weighted by molar-refractivity contribution is 7.99. The van der Waals surface area contributed by atoms with Gasteiger partial charge in [-0.1, -0.05) is 65.3 Å². The first kappa shape index (κ1) is 17.8. The van der Waals surface area contributed by atoms with Crippen LogP contribution in [0.15, 0.2) is 46.3 Å². The van der Waals surface area contributed by atoms with Gasteiger partial charge in [0.25, 0.3) is 5.22 Å². The first-order valence-electron chi connectivity index (χ1n) is 7.24. The first-order chi connectivity index (χ1) is 12.1. The van der Waals surface area contributed by atoms with Crippen molar-refractivity contribution in [2.75, 3.05) is 5.75 Å². The molecule has 1 aromatic carbocycles. The predicted octanol–water partition coefficient (Wildman–Crippen LogP) is 3.03. The lowest BCUT2D eigenvalue weighted by molar-refractivity contribution is -0.118. The number of nitrogens with zero attached hydrogens (tertiary/aromatic N) is 4. The molecule has 0 bridgehead atoms. The second kappa shape index (κ2) is 8.37. The molecule has 1 N–H and O–H groups in total. The van der Waals surface area contributed by atoms with E-state index in [1.807, 2.05) is 30.3 Å². The van der Waals surface area contributed by atoms with E-state index in [2.05, 4.69) is 20.5 Å². The number of amides is 1. The van der Waals surface area contributed by atoms with E-state index >= 15 is 0 Å². The second-order valence-electron chi connectivity index (χ2n) is 4.97. The normalized spacial score (nSPS) is 10.8. The molecule has 2 heterocycles. The van der Waals surface area contributed by atoms with Gasteiger partial charge in [0.1, 0.15) is 11.7 Å². The van der Waals surface area contributed by atoms with E-state index in [4.69, 9.17) is 27.6 Å². The van der Waals surface area contributed by atoms with Crippen LogP contribution in [0.3, 0.4) is 0 Å². The fraction of sp³-hybridized carbons (Fsp3) is 0.200. The number of imidazole rings is 1. The van der Waals surface area contributed by atoms with Crippen molar-refractivity contribution in [1.82, 2.24) is 25.1 Å². The van der Waals surface area contributed by atoms with E-state index in [0.717, 1.165) is 5.56 Å². The summed E-state index contributed by atoms with van der Waals surface area (Å²) in [6.07, 6.45) is 1.48. The fourth-order valence-electron chi connectivity index (χ4n) is 1.93. The quantitative estimate of drug-likeness (QED) is 0.616. The Hall–Kier alpha value is -2.03. The van der Waals surface area contributed by atoms with Gasteiger partial charge in [0.05, 0.1) is 12.1 Å². The van der Waals surface area contributed by atoms with Crippen LogP contribution in [0.2, 0.25) is 10.3 Å². The molecule has 0 atom stereocenters. The highest BCUT2D eigenvalue weighted by Gasteiger charge is 2.12. The highest BCUT2D eigenvalue weighted by atomic mass is 35.5. The van der Waals surface area contributed by atoms with Crippen molar-refractivity contribution in [2.24, 2.45) is 0 Å². The highest BCUT2D eigenvalue weighted by Crippen LogP contribution is 2.21. The van der Waals surface area contributed by atoms with Crippen molar-refractivity contribution in [3.8, 4) is 0 Å². The van der Waals surface area contributed by atoms with Crippen LogP contribution in [0.4, 0.5) is 0 Å². The average molecular weight is 398 g/mol. The molecule has 0 unspecified atom stereocenters. The number of rotatable bonds is 7. The number of carbonyl (C=O) groups is 1. The third-order valence-electron chi connectivity index (χ3n) is 3.15. The van der Waals surface area contributed by atoms with Gasteiger partial charge >= 0.3 is 0 Å². The molecule has 0 aliphatic heterocycles. The van der Waals surface area contributed by atoms with Crippen molar-refractivity contribution < 1.29 is 9.21 Å². The number of halogens is 2. The van der Waals surface area contributed by atoms with Crippen LogP contribution in [0.5, 0.6) is 0 Å². The molecule has 0 aliphatic carbocycles. The lowest BCUT2D eigenvalue weighted by Crippen LogP contribution is -2.24. The number of nitrogens with one attached hydrogen (secondary N) is 1. The molecule has 0 saturated heterocycles. The second-order valence-corrected chi connectivity index (χ2v) is 6.61. The number of hydrogen-bond donors (Lipinski definition) is 1. The Morgan fingerprint density at radius 2 is 2.04 bits per heavy atom. The van der Waals surface area contributed by atoms with Gasteiger partial charge in [0.2, 0.25) is 11.8 Å². The molecular weight excluding hydrogens is 385 g/mol. The first-order valence-corrected chi connectivity index (χ1v) is 8.98. The van der Waals surface area contributed by atoms with Crippen LogP contribution in [-0.4, -0.2) is 31.4 Å². The van der Waals surface area contributed by atoms with Gasteiger partial charge in [-0.2, -0.15) is 0 Å². The Kier molecular flexibility index (Phi) is 5.95. The van der Waals surface area contributed by atoms with Crippen LogP contribution in [0.25, 0.3) is 0 Å². The number of benzene rings is 1. The molecule has 3 aromatic rings. The zero-order valence-electron chi connectivity index (χ0n) is 12.9. The summed E-state index contributed by atoms with van der Waals surface area (Å²) >= 11 is 12.9. The molecule has 1 amide bonds. The van der Waals surface area contributed by atoms with Crippen molar-refractivity contribution >= 4 is 40.9 Å². The van der Waals surface area contributed by atoms with Crippen molar-refractivity contribution in [3.05, 3.63) is 58.4 Å². The lowest BCUT2D eigenvalue weighted by atomic mass is 10.2. The molecule has 3 rings (SSSR count). The van der Waals surface area contributed by atoms with Gasteiger partial charge in [-0.05, 0) is 5.56 Å². The maximum absolute atomic E-state index is 11.9. The molecule has 130 valence electrons. The smallest absolute Gasteiger partial charge is 0.277 e. The fourth-order valence-corrected chi connectivity index (χ4v) is 2.85. The lowest BCUT2D eigenvalue weighted by Gasteiger charge is -2.03. The summed E-state index contributed by atoms with van der Waals surface area (Å²) in [7, 11) is 0. The molecule has 0 saturated carbocycles. The number of thioether (sulfide) groups is 1. The summed E-state index contributed by atoms with van der Waals surface area (Å²) in [5.41, 5.74) is 1.04. The van der Waals surface area contributed by atoms with Gasteiger partial charge in [-0.3, -0.25) is 4.79 Å². The SMILES string of the molecule is O=C(CSc1nnc(Cn2cnc(Cl)c2Cl)o1)NCc1ccccc1. The summed E-state index contributed by atoms with van der Waals surface area (Å²) < 4.78 is 7.06. The van der Waals surface area contributed by atoms with Crippen LogP contribution in [-0.2, 0) is 17.9 Å². The minimum Gasteiger partial charge on any atom is -0.414 e. The van der Waals surface area contributed by atoms with E-state index in [0.29, 0.717) is 22.8 Å². The maximum Gasteiger partial charge on any atom is 0.277 e. The molecule has 7 nitrogen and oxygen atoms in total. The Bertz CT molecular complexity index is 853. The molecule has 10 heteroatoms. The minimum atomic E-state index is -0.113. The number of hydrogen-bond acceptors (Lipinski definition) is 6. The molecule has 0 radical (unpaired) electrons. The van der Waals surface area contributed by atoms with Gasteiger partial charge in [0, 0.05) is 6.54 Å². The minimum absolute atomic E-state index is 0.113. The van der Waals surface area contributed by atoms with Crippen LogP contribution in [0, 0.1) is 0 Å². The Morgan fingerprint density at radius 1 is 1.24 bits per heavy atom. The van der Waals surface area contributed by atoms with Crippen LogP contribution in [0.1, 0.15) is 11.5 Å². The largest absolute Gasteiger partial charge is 0.414 e. The van der Waals surface area contributed by atoms with Gasteiger partial charge < -0.3 is 14.3 Å². The summed E-state index contributed by atoms with van der Waals surface area (Å²) in [6.45, 7) is 0.738. The topological polar surface area (TPSA) is 85.8 Å². The van der Waals surface area contributed by atoms with Gasteiger partial charge in [0.15, 0.2) is 5.15 Å². The third kappa shape index (κ3) is 4.97. The molecule has 0 aliphatic rings. The molecular formula is C15H13Cl2N5O2S. The van der Waals surface area contributed by atoms with E-state index in [-0.39, 0.29) is 23.4 Å². The van der Waals surface area contributed by atoms with E-state index in [1.165, 1.54) is 18.1 Å². The maximum atomic E-state index is 11.9. The zero-order chi connectivity index (χ0) is 17.6. The molecule has 0 fully saturated rings. The standard InChI is InChI=1S/C15H13Cl2N5O2S/c16-13-14(17)22(9-19-13)7-12-20-21-15(24-12)25-8-11(23)18-6-10-4-2-1-3-5-10/h1-5,9H,6-8H2,(H,18,23). The number of carbonyl (C=O) groups excluding carboxylic acids is 1. The van der Waals surface area contributed by atoms with E-state index < -0.39 is 0 Å². The van der Waals surface area contributed by atoms with E-state index in [1.54, 1.807) is 4.57 Å². The predicted molar refractivity (Wildman–Crippen MR) is 94.7 cm³/mol. The van der Waals surface area contributed by atoms with Crippen LogP contribution >= 0.6 is 35.0 Å². The summed E-state index contributed by atoms with van der Waals surface area (Å²) in [6, 6.07) is 9.68. The Balaban J connectivity index is 1.46. The van der Waals surface area contributed by atoms with Gasteiger partial charge in [-0.15, -0.1) is 10.2 Å². The monoisotopic (exact) mass is 397 g/mol. The zero-order valence-corrected chi connectivity index (χ0v) is 15.2.